The Morgan fingerprint density at radius 3 is 2.50 bits per heavy atom. The summed E-state index contributed by atoms with van der Waals surface area (Å²) in [6.07, 6.45) is 3.26. The Labute approximate surface area is 93.9 Å². The highest BCUT2D eigenvalue weighted by Crippen LogP contribution is 2.16. The van der Waals surface area contributed by atoms with E-state index >= 15 is 0 Å². The molecule has 0 bridgehead atoms. The average molecular weight is 216 g/mol. The summed E-state index contributed by atoms with van der Waals surface area (Å²) in [6, 6.07) is 7.46. The van der Waals surface area contributed by atoms with Crippen molar-refractivity contribution in [3.63, 3.8) is 0 Å². The van der Waals surface area contributed by atoms with E-state index in [0.717, 1.165) is 11.3 Å². The molecule has 0 atom stereocenters. The molecule has 1 aliphatic rings. The van der Waals surface area contributed by atoms with Gasteiger partial charge < -0.3 is 9.64 Å². The molecule has 0 radical (unpaired) electrons. The van der Waals surface area contributed by atoms with Crippen LogP contribution in [0, 0.1) is 0 Å². The van der Waals surface area contributed by atoms with Crippen LogP contribution in [-0.2, 0) is 4.79 Å². The number of aliphatic imine (C=N–C) groups is 1. The normalized spacial score (nSPS) is 17.2. The number of benzene rings is 1. The van der Waals surface area contributed by atoms with Gasteiger partial charge in [-0.2, -0.15) is 0 Å². The van der Waals surface area contributed by atoms with Gasteiger partial charge in [-0.05, 0) is 23.8 Å². The van der Waals surface area contributed by atoms with Crippen molar-refractivity contribution in [3.8, 4) is 5.75 Å². The van der Waals surface area contributed by atoms with Crippen molar-refractivity contribution in [1.82, 2.24) is 4.90 Å². The number of ether oxygens (including phenoxy) is 1. The van der Waals surface area contributed by atoms with Crippen LogP contribution in [-0.4, -0.2) is 31.3 Å². The van der Waals surface area contributed by atoms with E-state index in [1.54, 1.807) is 20.2 Å². The molecule has 82 valence electrons. The maximum absolute atomic E-state index is 11.5. The highest BCUT2D eigenvalue weighted by atomic mass is 16.5. The molecule has 16 heavy (non-hydrogen) atoms. The molecule has 2 rings (SSSR count). The van der Waals surface area contributed by atoms with Gasteiger partial charge in [0.05, 0.1) is 13.4 Å². The summed E-state index contributed by atoms with van der Waals surface area (Å²) in [5, 5.41) is 0. The summed E-state index contributed by atoms with van der Waals surface area (Å²) in [5.41, 5.74) is 1.38. The Hall–Kier alpha value is -2.10. The molecule has 0 saturated carbocycles. The Kier molecular flexibility index (Phi) is 2.72. The van der Waals surface area contributed by atoms with Gasteiger partial charge in [0.1, 0.15) is 11.4 Å². The Morgan fingerprint density at radius 1 is 1.31 bits per heavy atom. The van der Waals surface area contributed by atoms with Gasteiger partial charge in [-0.15, -0.1) is 0 Å². The summed E-state index contributed by atoms with van der Waals surface area (Å²) < 4.78 is 5.05. The molecule has 1 aliphatic heterocycles. The van der Waals surface area contributed by atoms with Crippen molar-refractivity contribution in [2.75, 3.05) is 14.2 Å². The Balaban J connectivity index is 2.23. The van der Waals surface area contributed by atoms with E-state index in [9.17, 15) is 4.79 Å². The van der Waals surface area contributed by atoms with Crippen molar-refractivity contribution in [1.29, 1.82) is 0 Å². The fraction of sp³-hybridized carbons (Fsp3) is 0.167. The number of methoxy groups -OCH3 is 1. The smallest absolute Gasteiger partial charge is 0.277 e. The summed E-state index contributed by atoms with van der Waals surface area (Å²) >= 11 is 0. The number of hydrogen-bond acceptors (Lipinski definition) is 3. The van der Waals surface area contributed by atoms with Crippen molar-refractivity contribution < 1.29 is 9.53 Å². The van der Waals surface area contributed by atoms with Gasteiger partial charge in [-0.1, -0.05) is 12.1 Å². The SMILES string of the molecule is COc1ccc(/C=C2\N=CN(C)C2=O)cc1. The van der Waals surface area contributed by atoms with E-state index in [1.807, 2.05) is 24.3 Å². The number of nitrogens with zero attached hydrogens (tertiary/aromatic N) is 2. The Morgan fingerprint density at radius 2 is 2.00 bits per heavy atom. The van der Waals surface area contributed by atoms with Crippen LogP contribution in [0.15, 0.2) is 35.0 Å². The van der Waals surface area contributed by atoms with E-state index in [1.165, 1.54) is 11.2 Å². The minimum atomic E-state index is -0.0872. The first-order valence-electron chi connectivity index (χ1n) is 4.88. The average Bonchev–Trinajstić information content (AvgIpc) is 2.62. The minimum Gasteiger partial charge on any atom is -0.497 e. The molecule has 1 amide bonds. The molecule has 0 fully saturated rings. The second-order valence-corrected chi connectivity index (χ2v) is 3.46. The number of amides is 1. The molecule has 4 nitrogen and oxygen atoms in total. The third-order valence-corrected chi connectivity index (χ3v) is 2.33. The first-order chi connectivity index (χ1) is 7.70. The molecular formula is C12H12N2O2. The predicted molar refractivity (Wildman–Crippen MR) is 62.2 cm³/mol. The lowest BCUT2D eigenvalue weighted by atomic mass is 10.2. The molecule has 0 N–H and O–H groups in total. The number of carbonyl (C=O) groups excluding carboxylic acids is 1. The monoisotopic (exact) mass is 216 g/mol. The number of likely N-dealkylation sites (N-methyl/N-ethyl adjacent to an activating group) is 1. The first-order valence-corrected chi connectivity index (χ1v) is 4.88. The molecule has 4 heteroatoms. The van der Waals surface area contributed by atoms with Gasteiger partial charge in [0.15, 0.2) is 0 Å². The van der Waals surface area contributed by atoms with Crippen LogP contribution in [0.1, 0.15) is 5.56 Å². The third-order valence-electron chi connectivity index (χ3n) is 2.33. The molecule has 0 spiro atoms. The number of rotatable bonds is 2. The van der Waals surface area contributed by atoms with Gasteiger partial charge in [0.2, 0.25) is 0 Å². The molecule has 1 aromatic carbocycles. The van der Waals surface area contributed by atoms with Gasteiger partial charge in [-0.3, -0.25) is 4.79 Å². The molecule has 0 aromatic heterocycles. The Bertz CT molecular complexity index is 460. The largest absolute Gasteiger partial charge is 0.497 e. The second kappa shape index (κ2) is 4.18. The number of hydrogen-bond donors (Lipinski definition) is 0. The van der Waals surface area contributed by atoms with Crippen LogP contribution < -0.4 is 4.74 Å². The molecule has 0 unspecified atom stereocenters. The van der Waals surface area contributed by atoms with Crippen LogP contribution in [0.25, 0.3) is 6.08 Å². The molecule has 0 saturated heterocycles. The maximum Gasteiger partial charge on any atom is 0.277 e. The third kappa shape index (κ3) is 1.95. The van der Waals surface area contributed by atoms with Gasteiger partial charge in [0.25, 0.3) is 5.91 Å². The summed E-state index contributed by atoms with van der Waals surface area (Å²) in [7, 11) is 3.30. The summed E-state index contributed by atoms with van der Waals surface area (Å²) in [4.78, 5) is 17.0. The topological polar surface area (TPSA) is 41.9 Å². The zero-order valence-corrected chi connectivity index (χ0v) is 9.18. The van der Waals surface area contributed by atoms with Crippen LogP contribution in [0.5, 0.6) is 5.75 Å². The highest BCUT2D eigenvalue weighted by Gasteiger charge is 2.17. The lowest BCUT2D eigenvalue weighted by Gasteiger charge is -2.02. The van der Waals surface area contributed by atoms with Crippen LogP contribution >= 0.6 is 0 Å². The first kappa shape index (κ1) is 10.4. The fourth-order valence-corrected chi connectivity index (χ4v) is 1.39. The van der Waals surface area contributed by atoms with E-state index in [0.29, 0.717) is 5.70 Å². The van der Waals surface area contributed by atoms with Crippen molar-refractivity contribution in [2.24, 2.45) is 4.99 Å². The summed E-state index contributed by atoms with van der Waals surface area (Å²) in [6.45, 7) is 0. The van der Waals surface area contributed by atoms with Crippen LogP contribution in [0.4, 0.5) is 0 Å². The highest BCUT2D eigenvalue weighted by molar-refractivity contribution is 6.07. The van der Waals surface area contributed by atoms with Gasteiger partial charge in [0, 0.05) is 7.05 Å². The van der Waals surface area contributed by atoms with Gasteiger partial charge in [-0.25, -0.2) is 4.99 Å². The maximum atomic E-state index is 11.5. The van der Waals surface area contributed by atoms with Gasteiger partial charge >= 0.3 is 0 Å². The van der Waals surface area contributed by atoms with E-state index in [2.05, 4.69) is 4.99 Å². The van der Waals surface area contributed by atoms with Crippen molar-refractivity contribution >= 4 is 18.3 Å². The lowest BCUT2D eigenvalue weighted by molar-refractivity contribution is -0.121. The van der Waals surface area contributed by atoms with Crippen LogP contribution in [0.2, 0.25) is 0 Å². The standard InChI is InChI=1S/C12H12N2O2/c1-14-8-13-11(12(14)15)7-9-3-5-10(16-2)6-4-9/h3-8H,1-2H3/b11-7-. The van der Waals surface area contributed by atoms with E-state index in [-0.39, 0.29) is 5.91 Å². The second-order valence-electron chi connectivity index (χ2n) is 3.46. The summed E-state index contributed by atoms with van der Waals surface area (Å²) in [5.74, 6) is 0.705. The van der Waals surface area contributed by atoms with Crippen LogP contribution in [0.3, 0.4) is 0 Å². The fourth-order valence-electron chi connectivity index (χ4n) is 1.39. The van der Waals surface area contributed by atoms with E-state index in [4.69, 9.17) is 4.74 Å². The quantitative estimate of drug-likeness (QED) is 0.703. The zero-order valence-electron chi connectivity index (χ0n) is 9.18. The predicted octanol–water partition coefficient (Wildman–Crippen LogP) is 1.54. The molecule has 1 aromatic rings. The molecule has 0 aliphatic carbocycles. The van der Waals surface area contributed by atoms with E-state index < -0.39 is 0 Å². The van der Waals surface area contributed by atoms with Crippen molar-refractivity contribution in [2.45, 2.75) is 0 Å². The van der Waals surface area contributed by atoms with Crippen molar-refractivity contribution in [3.05, 3.63) is 35.5 Å². The number of carbonyl (C=O) groups is 1. The molecule has 1 heterocycles. The minimum absolute atomic E-state index is 0.0872. The molecular weight excluding hydrogens is 204 g/mol. The zero-order chi connectivity index (χ0) is 11.5. The lowest BCUT2D eigenvalue weighted by Crippen LogP contribution is -2.19.